The number of nitrogens with one attached hydrogen (secondary N) is 1. The number of aryl methyl sites for hydroxylation is 1. The SMILES string of the molecule is Cc1cccc(=O)n1CCCNC(=O)[C@H]1CCCN(C(C)C)C1. The molecule has 5 heteroatoms. The number of amides is 1. The number of aromatic nitrogens is 1. The highest BCUT2D eigenvalue weighted by atomic mass is 16.2. The fraction of sp³-hybridized carbons (Fsp3) is 0.667. The number of rotatable bonds is 6. The highest BCUT2D eigenvalue weighted by molar-refractivity contribution is 5.78. The molecule has 2 heterocycles. The van der Waals surface area contributed by atoms with Crippen LogP contribution in [-0.4, -0.2) is 41.1 Å². The minimum atomic E-state index is 0.0242. The Morgan fingerprint density at radius 2 is 2.17 bits per heavy atom. The lowest BCUT2D eigenvalue weighted by atomic mass is 9.96. The predicted octanol–water partition coefficient (Wildman–Crippen LogP) is 1.78. The Kier molecular flexibility index (Phi) is 6.39. The van der Waals surface area contributed by atoms with E-state index in [0.29, 0.717) is 19.1 Å². The van der Waals surface area contributed by atoms with Gasteiger partial charge in [-0.15, -0.1) is 0 Å². The van der Waals surface area contributed by atoms with Gasteiger partial charge in [0.25, 0.3) is 5.56 Å². The second-order valence-electron chi connectivity index (χ2n) is 6.73. The summed E-state index contributed by atoms with van der Waals surface area (Å²) < 4.78 is 1.76. The predicted molar refractivity (Wildman–Crippen MR) is 92.5 cm³/mol. The lowest BCUT2D eigenvalue weighted by molar-refractivity contribution is -0.126. The smallest absolute Gasteiger partial charge is 0.250 e. The van der Waals surface area contributed by atoms with Crippen LogP contribution in [0, 0.1) is 12.8 Å². The molecule has 1 N–H and O–H groups in total. The number of nitrogens with zero attached hydrogens (tertiary/aromatic N) is 2. The average molecular weight is 319 g/mol. The molecule has 1 aromatic heterocycles. The number of hydrogen-bond acceptors (Lipinski definition) is 3. The molecule has 1 aliphatic heterocycles. The maximum absolute atomic E-state index is 12.3. The van der Waals surface area contributed by atoms with Gasteiger partial charge < -0.3 is 14.8 Å². The lowest BCUT2D eigenvalue weighted by Crippen LogP contribution is -2.45. The van der Waals surface area contributed by atoms with Gasteiger partial charge in [-0.25, -0.2) is 0 Å². The van der Waals surface area contributed by atoms with Crippen LogP contribution >= 0.6 is 0 Å². The van der Waals surface area contributed by atoms with Crippen molar-refractivity contribution >= 4 is 5.91 Å². The van der Waals surface area contributed by atoms with Crippen molar-refractivity contribution in [2.45, 2.75) is 52.6 Å². The van der Waals surface area contributed by atoms with Gasteiger partial charge in [0.2, 0.25) is 5.91 Å². The highest BCUT2D eigenvalue weighted by Gasteiger charge is 2.26. The molecule has 23 heavy (non-hydrogen) atoms. The highest BCUT2D eigenvalue weighted by Crippen LogP contribution is 2.18. The molecule has 1 saturated heterocycles. The van der Waals surface area contributed by atoms with E-state index in [9.17, 15) is 9.59 Å². The summed E-state index contributed by atoms with van der Waals surface area (Å²) in [6, 6.07) is 5.79. The van der Waals surface area contributed by atoms with Gasteiger partial charge >= 0.3 is 0 Å². The van der Waals surface area contributed by atoms with Crippen molar-refractivity contribution < 1.29 is 4.79 Å². The van der Waals surface area contributed by atoms with E-state index in [1.807, 2.05) is 13.0 Å². The number of pyridine rings is 1. The topological polar surface area (TPSA) is 54.3 Å². The van der Waals surface area contributed by atoms with Crippen molar-refractivity contribution in [3.05, 3.63) is 34.2 Å². The molecule has 2 rings (SSSR count). The van der Waals surface area contributed by atoms with E-state index in [4.69, 9.17) is 0 Å². The van der Waals surface area contributed by atoms with E-state index in [-0.39, 0.29) is 17.4 Å². The summed E-state index contributed by atoms with van der Waals surface area (Å²) >= 11 is 0. The van der Waals surface area contributed by atoms with E-state index < -0.39 is 0 Å². The van der Waals surface area contributed by atoms with Crippen molar-refractivity contribution in [1.82, 2.24) is 14.8 Å². The van der Waals surface area contributed by atoms with Gasteiger partial charge in [0.15, 0.2) is 0 Å². The van der Waals surface area contributed by atoms with E-state index in [2.05, 4.69) is 24.1 Å². The molecule has 0 unspecified atom stereocenters. The Labute approximate surface area is 138 Å². The van der Waals surface area contributed by atoms with E-state index in [1.54, 1.807) is 16.7 Å². The molecule has 5 nitrogen and oxygen atoms in total. The van der Waals surface area contributed by atoms with Crippen LogP contribution in [0.15, 0.2) is 23.0 Å². The summed E-state index contributed by atoms with van der Waals surface area (Å²) in [6.45, 7) is 9.52. The zero-order valence-corrected chi connectivity index (χ0v) is 14.5. The monoisotopic (exact) mass is 319 g/mol. The first kappa shape index (κ1) is 17.7. The summed E-state index contributed by atoms with van der Waals surface area (Å²) in [5.41, 5.74) is 0.986. The maximum atomic E-state index is 12.3. The maximum Gasteiger partial charge on any atom is 0.250 e. The molecule has 128 valence electrons. The van der Waals surface area contributed by atoms with Crippen LogP contribution in [0.4, 0.5) is 0 Å². The summed E-state index contributed by atoms with van der Waals surface area (Å²) in [5, 5.41) is 3.04. The molecule has 0 bridgehead atoms. The van der Waals surface area contributed by atoms with Gasteiger partial charge in [0, 0.05) is 37.4 Å². The second kappa shape index (κ2) is 8.29. The largest absolute Gasteiger partial charge is 0.356 e. The molecule has 1 aromatic rings. The van der Waals surface area contributed by atoms with E-state index in [0.717, 1.165) is 38.0 Å². The average Bonchev–Trinajstić information content (AvgIpc) is 2.53. The van der Waals surface area contributed by atoms with Crippen molar-refractivity contribution in [3.63, 3.8) is 0 Å². The fourth-order valence-electron chi connectivity index (χ4n) is 3.19. The number of piperidine rings is 1. The van der Waals surface area contributed by atoms with Gasteiger partial charge in [0.05, 0.1) is 5.92 Å². The van der Waals surface area contributed by atoms with Crippen LogP contribution in [0.1, 0.15) is 38.8 Å². The van der Waals surface area contributed by atoms with Crippen LogP contribution in [0.2, 0.25) is 0 Å². The second-order valence-corrected chi connectivity index (χ2v) is 6.73. The molecular formula is C18H29N3O2. The van der Waals surface area contributed by atoms with Crippen LogP contribution in [0.5, 0.6) is 0 Å². The van der Waals surface area contributed by atoms with Crippen LogP contribution < -0.4 is 10.9 Å². The van der Waals surface area contributed by atoms with Gasteiger partial charge in [-0.1, -0.05) is 6.07 Å². The molecule has 0 aromatic carbocycles. The molecule has 0 saturated carbocycles. The molecular weight excluding hydrogens is 290 g/mol. The normalized spacial score (nSPS) is 19.0. The zero-order chi connectivity index (χ0) is 16.8. The first-order valence-corrected chi connectivity index (χ1v) is 8.67. The Balaban J connectivity index is 1.76. The standard InChI is InChI=1S/C18H29N3O2/c1-14(2)20-11-5-8-16(13-20)18(23)19-10-6-12-21-15(3)7-4-9-17(21)22/h4,7,9,14,16H,5-6,8,10-13H2,1-3H3,(H,19,23)/t16-/m0/s1. The third-order valence-corrected chi connectivity index (χ3v) is 4.68. The van der Waals surface area contributed by atoms with Gasteiger partial charge in [-0.05, 0) is 52.6 Å². The minimum Gasteiger partial charge on any atom is -0.356 e. The van der Waals surface area contributed by atoms with Crippen LogP contribution in [0.3, 0.4) is 0 Å². The molecule has 0 radical (unpaired) electrons. The minimum absolute atomic E-state index is 0.0242. The van der Waals surface area contributed by atoms with Crippen molar-refractivity contribution in [1.29, 1.82) is 0 Å². The van der Waals surface area contributed by atoms with Crippen molar-refractivity contribution in [3.8, 4) is 0 Å². The Morgan fingerprint density at radius 1 is 1.39 bits per heavy atom. The quantitative estimate of drug-likeness (QED) is 0.813. The molecule has 1 atom stereocenters. The molecule has 1 amide bonds. The third-order valence-electron chi connectivity index (χ3n) is 4.68. The third kappa shape index (κ3) is 4.93. The van der Waals surface area contributed by atoms with E-state index in [1.165, 1.54) is 0 Å². The zero-order valence-electron chi connectivity index (χ0n) is 14.5. The van der Waals surface area contributed by atoms with Gasteiger partial charge in [-0.3, -0.25) is 9.59 Å². The van der Waals surface area contributed by atoms with Crippen LogP contribution in [0.25, 0.3) is 0 Å². The van der Waals surface area contributed by atoms with Gasteiger partial charge in [-0.2, -0.15) is 0 Å². The van der Waals surface area contributed by atoms with E-state index >= 15 is 0 Å². The van der Waals surface area contributed by atoms with Crippen molar-refractivity contribution in [2.75, 3.05) is 19.6 Å². The lowest BCUT2D eigenvalue weighted by Gasteiger charge is -2.34. The number of carbonyl (C=O) groups excluding carboxylic acids is 1. The summed E-state index contributed by atoms with van der Waals surface area (Å²) in [6.07, 6.45) is 2.85. The van der Waals surface area contributed by atoms with Crippen molar-refractivity contribution in [2.24, 2.45) is 5.92 Å². The van der Waals surface area contributed by atoms with Gasteiger partial charge in [0.1, 0.15) is 0 Å². The Morgan fingerprint density at radius 3 is 2.87 bits per heavy atom. The summed E-state index contributed by atoms with van der Waals surface area (Å²) in [4.78, 5) is 26.5. The number of likely N-dealkylation sites (tertiary alicyclic amines) is 1. The molecule has 1 aliphatic rings. The first-order chi connectivity index (χ1) is 11.0. The number of carbonyl (C=O) groups is 1. The molecule has 1 fully saturated rings. The first-order valence-electron chi connectivity index (χ1n) is 8.67. The summed E-state index contributed by atoms with van der Waals surface area (Å²) in [5.74, 6) is 0.264. The molecule has 0 aliphatic carbocycles. The fourth-order valence-corrected chi connectivity index (χ4v) is 3.19. The molecule has 0 spiro atoms. The Bertz CT molecular complexity index is 580. The summed E-state index contributed by atoms with van der Waals surface area (Å²) in [7, 11) is 0. The Hall–Kier alpha value is -1.62. The number of hydrogen-bond donors (Lipinski definition) is 1. The van der Waals surface area contributed by atoms with Crippen LogP contribution in [-0.2, 0) is 11.3 Å².